The zero-order valence-electron chi connectivity index (χ0n) is 17.4. The number of anilines is 1. The summed E-state index contributed by atoms with van der Waals surface area (Å²) in [6.45, 7) is 6.02. The van der Waals surface area contributed by atoms with Gasteiger partial charge in [-0.1, -0.05) is 30.3 Å². The second-order valence-electron chi connectivity index (χ2n) is 9.10. The van der Waals surface area contributed by atoms with Gasteiger partial charge in [0.2, 0.25) is 5.91 Å². The highest BCUT2D eigenvalue weighted by Gasteiger charge is 2.49. The van der Waals surface area contributed by atoms with E-state index in [1.54, 1.807) is 0 Å². The first-order valence-corrected chi connectivity index (χ1v) is 11.0. The second kappa shape index (κ2) is 7.43. The Morgan fingerprint density at radius 1 is 1.10 bits per heavy atom. The molecule has 29 heavy (non-hydrogen) atoms. The average molecular weight is 391 g/mol. The molecule has 2 aromatic rings. The zero-order valence-corrected chi connectivity index (χ0v) is 17.4. The lowest BCUT2D eigenvalue weighted by Gasteiger charge is -2.57. The molecule has 5 nitrogen and oxygen atoms in total. The number of hydrogen-bond acceptors (Lipinski definition) is 4. The van der Waals surface area contributed by atoms with Crippen LogP contribution in [0.5, 0.6) is 0 Å². The number of carbonyl (C=O) groups is 1. The van der Waals surface area contributed by atoms with Gasteiger partial charge < -0.3 is 9.80 Å². The monoisotopic (exact) mass is 390 g/mol. The Balaban J connectivity index is 1.49. The molecule has 0 N–H and O–H groups in total. The molecule has 152 valence electrons. The largest absolute Gasteiger partial charge is 0.354 e. The summed E-state index contributed by atoms with van der Waals surface area (Å²) in [6.07, 6.45) is 6.91. The van der Waals surface area contributed by atoms with Gasteiger partial charge in [0.25, 0.3) is 0 Å². The van der Waals surface area contributed by atoms with Crippen LogP contribution < -0.4 is 4.90 Å². The molecular formula is C24H30N4O. The quantitative estimate of drug-likeness (QED) is 0.804. The minimum Gasteiger partial charge on any atom is -0.354 e. The highest BCUT2D eigenvalue weighted by atomic mass is 16.2. The van der Waals surface area contributed by atoms with Crippen molar-refractivity contribution in [3.63, 3.8) is 0 Å². The number of carbonyl (C=O) groups excluding carboxylic acids is 1. The molecule has 1 aromatic heterocycles. The van der Waals surface area contributed by atoms with E-state index in [9.17, 15) is 4.79 Å². The third kappa shape index (κ3) is 3.41. The Hall–Kier alpha value is -2.43. The number of piperidine rings is 3. The fourth-order valence-electron chi connectivity index (χ4n) is 5.89. The van der Waals surface area contributed by atoms with E-state index in [1.807, 2.05) is 13.1 Å². The van der Waals surface area contributed by atoms with Gasteiger partial charge in [0.1, 0.15) is 5.82 Å². The lowest BCUT2D eigenvalue weighted by molar-refractivity contribution is -0.148. The molecule has 3 aliphatic heterocycles. The topological polar surface area (TPSA) is 49.3 Å². The molecule has 0 radical (unpaired) electrons. The van der Waals surface area contributed by atoms with Crippen molar-refractivity contribution in [3.8, 4) is 0 Å². The molecule has 0 aliphatic carbocycles. The van der Waals surface area contributed by atoms with E-state index in [4.69, 9.17) is 4.98 Å². The van der Waals surface area contributed by atoms with Gasteiger partial charge in [0.15, 0.2) is 0 Å². The summed E-state index contributed by atoms with van der Waals surface area (Å²) in [7, 11) is 0. The predicted octanol–water partition coefficient (Wildman–Crippen LogP) is 3.54. The smallest absolute Gasteiger partial charge is 0.223 e. The molecule has 5 rings (SSSR count). The first-order valence-electron chi connectivity index (χ1n) is 11.0. The van der Waals surface area contributed by atoms with Gasteiger partial charge in [0, 0.05) is 37.8 Å². The number of fused-ring (bicyclic) bond motifs is 4. The van der Waals surface area contributed by atoms with E-state index in [0.29, 0.717) is 30.2 Å². The predicted molar refractivity (Wildman–Crippen MR) is 114 cm³/mol. The van der Waals surface area contributed by atoms with Gasteiger partial charge >= 0.3 is 0 Å². The minimum atomic E-state index is 0.285. The van der Waals surface area contributed by atoms with Crippen molar-refractivity contribution in [1.29, 1.82) is 0 Å². The average Bonchev–Trinajstić information content (AvgIpc) is 2.73. The standard InChI is InChI=1S/C24H30N4O/c1-16-13-25-17(2)24(26-16)27-14-19-12-20(15-27)22(11-18-7-4-3-5-8-18)28-21(19)9-6-10-23(28)29/h3-5,7-8,13,19-22H,6,9-12,14-15H2,1-2H3/t19-,20+,21+,22+/m1/s1. The van der Waals surface area contributed by atoms with Crippen LogP contribution in [0.15, 0.2) is 36.5 Å². The van der Waals surface area contributed by atoms with Crippen molar-refractivity contribution in [2.75, 3.05) is 18.0 Å². The molecule has 1 amide bonds. The zero-order chi connectivity index (χ0) is 20.0. The number of aryl methyl sites for hydroxylation is 2. The van der Waals surface area contributed by atoms with E-state index in [-0.39, 0.29) is 6.04 Å². The van der Waals surface area contributed by atoms with Crippen molar-refractivity contribution in [1.82, 2.24) is 14.9 Å². The number of rotatable bonds is 3. The summed E-state index contributed by atoms with van der Waals surface area (Å²) in [5.41, 5.74) is 3.31. The third-order valence-electron chi connectivity index (χ3n) is 7.13. The summed E-state index contributed by atoms with van der Waals surface area (Å²) in [4.78, 5) is 27.2. The number of benzene rings is 1. The van der Waals surface area contributed by atoms with Gasteiger partial charge in [-0.3, -0.25) is 9.78 Å². The van der Waals surface area contributed by atoms with Gasteiger partial charge in [0.05, 0.1) is 11.4 Å². The Morgan fingerprint density at radius 2 is 1.90 bits per heavy atom. The van der Waals surface area contributed by atoms with E-state index in [1.165, 1.54) is 12.0 Å². The number of aromatic nitrogens is 2. The number of amides is 1. The Kier molecular flexibility index (Phi) is 4.76. The molecule has 0 saturated carbocycles. The molecule has 0 unspecified atom stereocenters. The summed E-state index contributed by atoms with van der Waals surface area (Å²) in [6, 6.07) is 11.3. The minimum absolute atomic E-state index is 0.285. The maximum atomic E-state index is 13.0. The summed E-state index contributed by atoms with van der Waals surface area (Å²) in [5, 5.41) is 0. The summed E-state index contributed by atoms with van der Waals surface area (Å²) in [5.74, 6) is 2.42. The van der Waals surface area contributed by atoms with Crippen LogP contribution in [0.25, 0.3) is 0 Å². The van der Waals surface area contributed by atoms with Crippen LogP contribution in [0.2, 0.25) is 0 Å². The molecule has 5 heteroatoms. The van der Waals surface area contributed by atoms with Crippen LogP contribution in [0.3, 0.4) is 0 Å². The molecule has 3 saturated heterocycles. The van der Waals surface area contributed by atoms with Crippen molar-refractivity contribution in [2.24, 2.45) is 11.8 Å². The molecule has 1 aromatic carbocycles. The van der Waals surface area contributed by atoms with Gasteiger partial charge in [-0.2, -0.15) is 0 Å². The molecule has 3 aliphatic rings. The van der Waals surface area contributed by atoms with Crippen LogP contribution in [0.1, 0.15) is 42.6 Å². The van der Waals surface area contributed by atoms with Crippen molar-refractivity contribution >= 4 is 11.7 Å². The Labute approximate surface area is 173 Å². The van der Waals surface area contributed by atoms with Gasteiger partial charge in [-0.15, -0.1) is 0 Å². The lowest BCUT2D eigenvalue weighted by Crippen LogP contribution is -2.65. The van der Waals surface area contributed by atoms with Crippen LogP contribution in [-0.4, -0.2) is 45.9 Å². The van der Waals surface area contributed by atoms with Crippen molar-refractivity contribution in [2.45, 2.75) is 58.0 Å². The van der Waals surface area contributed by atoms with E-state index in [2.05, 4.69) is 52.0 Å². The SMILES string of the molecule is Cc1cnc(C)c(N2C[C@H]3C[C@@H](C2)[C@H](Cc2ccccc2)N2C(=O)CCC[C@@H]32)n1. The van der Waals surface area contributed by atoms with Crippen molar-refractivity contribution in [3.05, 3.63) is 53.5 Å². The van der Waals surface area contributed by atoms with Gasteiger partial charge in [-0.25, -0.2) is 4.98 Å². The van der Waals surface area contributed by atoms with Gasteiger partial charge in [-0.05, 0) is 56.9 Å². The molecular weight excluding hydrogens is 360 g/mol. The molecule has 2 bridgehead atoms. The maximum Gasteiger partial charge on any atom is 0.223 e. The fourth-order valence-corrected chi connectivity index (χ4v) is 5.89. The fraction of sp³-hybridized carbons (Fsp3) is 0.542. The number of hydrogen-bond donors (Lipinski definition) is 0. The Morgan fingerprint density at radius 3 is 2.72 bits per heavy atom. The number of nitrogens with zero attached hydrogens (tertiary/aromatic N) is 4. The van der Waals surface area contributed by atoms with E-state index >= 15 is 0 Å². The first-order chi connectivity index (χ1) is 14.1. The van der Waals surface area contributed by atoms with E-state index in [0.717, 1.165) is 49.6 Å². The normalized spacial score (nSPS) is 29.0. The summed E-state index contributed by atoms with van der Waals surface area (Å²) >= 11 is 0. The summed E-state index contributed by atoms with van der Waals surface area (Å²) < 4.78 is 0. The van der Waals surface area contributed by atoms with Crippen LogP contribution >= 0.6 is 0 Å². The van der Waals surface area contributed by atoms with Crippen LogP contribution in [0.4, 0.5) is 5.82 Å². The van der Waals surface area contributed by atoms with E-state index < -0.39 is 0 Å². The first kappa shape index (κ1) is 18.6. The van der Waals surface area contributed by atoms with Crippen LogP contribution in [-0.2, 0) is 11.2 Å². The highest BCUT2D eigenvalue weighted by molar-refractivity contribution is 5.78. The third-order valence-corrected chi connectivity index (χ3v) is 7.13. The highest BCUT2D eigenvalue weighted by Crippen LogP contribution is 2.43. The molecule has 3 fully saturated rings. The maximum absolute atomic E-state index is 13.0. The lowest BCUT2D eigenvalue weighted by atomic mass is 9.70. The Bertz CT molecular complexity index is 899. The van der Waals surface area contributed by atoms with Crippen LogP contribution in [0, 0.1) is 25.7 Å². The molecule has 4 heterocycles. The molecule has 4 atom stereocenters. The van der Waals surface area contributed by atoms with Crippen molar-refractivity contribution < 1.29 is 4.79 Å². The second-order valence-corrected chi connectivity index (χ2v) is 9.10. The molecule has 0 spiro atoms.